The summed E-state index contributed by atoms with van der Waals surface area (Å²) in [5.41, 5.74) is 1.32. The smallest absolute Gasteiger partial charge is 0.251 e. The zero-order chi connectivity index (χ0) is 17.6. The lowest BCUT2D eigenvalue weighted by Crippen LogP contribution is -2.48. The number of nitrogens with one attached hydrogen (secondary N) is 1. The van der Waals surface area contributed by atoms with E-state index in [9.17, 15) is 4.79 Å². The highest BCUT2D eigenvalue weighted by Gasteiger charge is 2.21. The maximum Gasteiger partial charge on any atom is 0.251 e. The third-order valence-corrected chi connectivity index (χ3v) is 4.06. The number of ether oxygens (including phenoxy) is 1. The lowest BCUT2D eigenvalue weighted by molar-refractivity contribution is -0.0295. The van der Waals surface area contributed by atoms with Gasteiger partial charge in [-0.25, -0.2) is 4.68 Å². The molecule has 0 spiro atoms. The molecule has 0 aliphatic carbocycles. The zero-order valence-corrected chi connectivity index (χ0v) is 14.6. The van der Waals surface area contributed by atoms with E-state index in [-0.39, 0.29) is 12.0 Å². The largest absolute Gasteiger partial charge is 0.374 e. The lowest BCUT2D eigenvalue weighted by Gasteiger charge is -2.33. The van der Waals surface area contributed by atoms with Gasteiger partial charge in [-0.05, 0) is 34.5 Å². The van der Waals surface area contributed by atoms with Gasteiger partial charge in [0.25, 0.3) is 5.91 Å². The van der Waals surface area contributed by atoms with E-state index < -0.39 is 0 Å². The number of rotatable bonds is 6. The fourth-order valence-electron chi connectivity index (χ4n) is 2.96. The number of tetrazole rings is 1. The molecule has 8 nitrogen and oxygen atoms in total. The van der Waals surface area contributed by atoms with Crippen LogP contribution in [0.4, 0.5) is 0 Å². The number of morpholine rings is 1. The van der Waals surface area contributed by atoms with E-state index in [1.807, 2.05) is 12.1 Å². The minimum Gasteiger partial charge on any atom is -0.374 e. The fraction of sp³-hybridized carbons (Fsp3) is 0.529. The standard InChI is InChI=1S/C17H24N6O2/c1-13(2)10-22-6-7-25-16(11-22)9-18-17(24)14-4-3-5-15(8-14)23-12-19-20-21-23/h3-5,8,12-13,16H,6-7,9-11H2,1-2H3,(H,18,24). The van der Waals surface area contributed by atoms with Crippen molar-refractivity contribution in [3.63, 3.8) is 0 Å². The van der Waals surface area contributed by atoms with Crippen LogP contribution in [0.2, 0.25) is 0 Å². The lowest BCUT2D eigenvalue weighted by atomic mass is 10.1. The van der Waals surface area contributed by atoms with Crippen LogP contribution in [0.1, 0.15) is 24.2 Å². The predicted molar refractivity (Wildman–Crippen MR) is 92.5 cm³/mol. The second kappa shape index (κ2) is 8.17. The summed E-state index contributed by atoms with van der Waals surface area (Å²) in [6, 6.07) is 7.20. The van der Waals surface area contributed by atoms with Crippen LogP contribution in [0.3, 0.4) is 0 Å². The van der Waals surface area contributed by atoms with Gasteiger partial charge in [0.2, 0.25) is 0 Å². The number of carbonyl (C=O) groups excluding carboxylic acids is 1. The van der Waals surface area contributed by atoms with Crippen LogP contribution >= 0.6 is 0 Å². The second-order valence-electron chi connectivity index (χ2n) is 6.66. The van der Waals surface area contributed by atoms with Crippen molar-refractivity contribution in [3.8, 4) is 5.69 Å². The van der Waals surface area contributed by atoms with E-state index in [1.165, 1.54) is 11.0 Å². The molecule has 2 aromatic rings. The third-order valence-electron chi connectivity index (χ3n) is 4.06. The van der Waals surface area contributed by atoms with E-state index in [0.717, 1.165) is 25.3 Å². The summed E-state index contributed by atoms with van der Waals surface area (Å²) in [6.45, 7) is 8.50. The second-order valence-corrected chi connectivity index (χ2v) is 6.66. The van der Waals surface area contributed by atoms with Crippen molar-refractivity contribution >= 4 is 5.91 Å². The Bertz CT molecular complexity index is 688. The zero-order valence-electron chi connectivity index (χ0n) is 14.6. The molecule has 8 heteroatoms. The molecule has 2 heterocycles. The Morgan fingerprint density at radius 2 is 2.32 bits per heavy atom. The van der Waals surface area contributed by atoms with Gasteiger partial charge in [-0.2, -0.15) is 0 Å². The number of amides is 1. The molecule has 3 rings (SSSR count). The molecule has 1 N–H and O–H groups in total. The van der Waals surface area contributed by atoms with Gasteiger partial charge in [0.05, 0.1) is 18.4 Å². The molecule has 134 valence electrons. The van der Waals surface area contributed by atoms with E-state index in [1.54, 1.807) is 12.1 Å². The van der Waals surface area contributed by atoms with Gasteiger partial charge in [-0.3, -0.25) is 9.69 Å². The highest BCUT2D eigenvalue weighted by atomic mass is 16.5. The maximum absolute atomic E-state index is 12.4. The Morgan fingerprint density at radius 3 is 3.08 bits per heavy atom. The summed E-state index contributed by atoms with van der Waals surface area (Å²) < 4.78 is 7.29. The number of carbonyl (C=O) groups is 1. The van der Waals surface area contributed by atoms with Crippen molar-refractivity contribution in [3.05, 3.63) is 36.2 Å². The molecule has 25 heavy (non-hydrogen) atoms. The minimum atomic E-state index is -0.125. The monoisotopic (exact) mass is 344 g/mol. The number of hydrogen-bond donors (Lipinski definition) is 1. The first-order chi connectivity index (χ1) is 12.1. The first-order valence-corrected chi connectivity index (χ1v) is 8.57. The summed E-state index contributed by atoms with van der Waals surface area (Å²) in [5.74, 6) is 0.502. The van der Waals surface area contributed by atoms with Gasteiger partial charge in [0.1, 0.15) is 6.33 Å². The van der Waals surface area contributed by atoms with E-state index in [4.69, 9.17) is 4.74 Å². The molecule has 1 aliphatic rings. The summed E-state index contributed by atoms with van der Waals surface area (Å²) in [4.78, 5) is 14.8. The van der Waals surface area contributed by atoms with Gasteiger partial charge in [-0.1, -0.05) is 19.9 Å². The molecule has 1 fully saturated rings. The van der Waals surface area contributed by atoms with Crippen LogP contribution in [0.25, 0.3) is 5.69 Å². The van der Waals surface area contributed by atoms with Crippen LogP contribution in [-0.2, 0) is 4.74 Å². The minimum absolute atomic E-state index is 0.0270. The summed E-state index contributed by atoms with van der Waals surface area (Å²) in [5, 5.41) is 14.0. The summed E-state index contributed by atoms with van der Waals surface area (Å²) >= 11 is 0. The van der Waals surface area contributed by atoms with E-state index >= 15 is 0 Å². The molecular weight excluding hydrogens is 320 g/mol. The quantitative estimate of drug-likeness (QED) is 0.832. The Hall–Kier alpha value is -2.32. The summed E-state index contributed by atoms with van der Waals surface area (Å²) in [7, 11) is 0. The van der Waals surface area contributed by atoms with E-state index in [0.29, 0.717) is 24.6 Å². The average molecular weight is 344 g/mol. The van der Waals surface area contributed by atoms with Crippen LogP contribution in [0.5, 0.6) is 0 Å². The van der Waals surface area contributed by atoms with Crippen molar-refractivity contribution in [2.45, 2.75) is 20.0 Å². The van der Waals surface area contributed by atoms with Gasteiger partial charge >= 0.3 is 0 Å². The molecule has 1 aromatic heterocycles. The van der Waals surface area contributed by atoms with Gasteiger partial charge in [0, 0.05) is 31.7 Å². The third kappa shape index (κ3) is 4.83. The molecule has 0 saturated carbocycles. The first kappa shape index (κ1) is 17.5. The number of nitrogens with zero attached hydrogens (tertiary/aromatic N) is 5. The average Bonchev–Trinajstić information content (AvgIpc) is 3.14. The number of benzene rings is 1. The Labute approximate surface area is 147 Å². The Kier molecular flexibility index (Phi) is 5.72. The molecule has 1 unspecified atom stereocenters. The Balaban J connectivity index is 1.55. The number of hydrogen-bond acceptors (Lipinski definition) is 6. The van der Waals surface area contributed by atoms with Crippen molar-refractivity contribution in [2.24, 2.45) is 5.92 Å². The van der Waals surface area contributed by atoms with Gasteiger partial charge in [0.15, 0.2) is 0 Å². The predicted octanol–water partition coefficient (Wildman–Crippen LogP) is 0.749. The molecule has 1 amide bonds. The fourth-order valence-corrected chi connectivity index (χ4v) is 2.96. The van der Waals surface area contributed by atoms with Gasteiger partial charge in [-0.15, -0.1) is 5.10 Å². The molecule has 0 radical (unpaired) electrons. The molecule has 1 aromatic carbocycles. The highest BCUT2D eigenvalue weighted by molar-refractivity contribution is 5.94. The van der Waals surface area contributed by atoms with Crippen LogP contribution in [0, 0.1) is 5.92 Å². The first-order valence-electron chi connectivity index (χ1n) is 8.57. The normalized spacial score (nSPS) is 18.4. The van der Waals surface area contributed by atoms with Crippen molar-refractivity contribution < 1.29 is 9.53 Å². The SMILES string of the molecule is CC(C)CN1CCOC(CNC(=O)c2cccc(-n3cnnn3)c2)C1. The summed E-state index contributed by atoms with van der Waals surface area (Å²) in [6.07, 6.45) is 1.52. The number of aromatic nitrogens is 4. The molecular formula is C17H24N6O2. The van der Waals surface area contributed by atoms with Crippen molar-refractivity contribution in [1.29, 1.82) is 0 Å². The van der Waals surface area contributed by atoms with Crippen molar-refractivity contribution in [1.82, 2.24) is 30.4 Å². The van der Waals surface area contributed by atoms with E-state index in [2.05, 4.69) is 39.6 Å². The molecule has 1 saturated heterocycles. The molecule has 1 atom stereocenters. The Morgan fingerprint density at radius 1 is 1.44 bits per heavy atom. The maximum atomic E-state index is 12.4. The highest BCUT2D eigenvalue weighted by Crippen LogP contribution is 2.10. The molecule has 0 bridgehead atoms. The molecule has 1 aliphatic heterocycles. The van der Waals surface area contributed by atoms with Crippen LogP contribution < -0.4 is 5.32 Å². The van der Waals surface area contributed by atoms with Gasteiger partial charge < -0.3 is 10.1 Å². The van der Waals surface area contributed by atoms with Crippen LogP contribution in [-0.4, -0.2) is 69.9 Å². The topological polar surface area (TPSA) is 85.2 Å². The van der Waals surface area contributed by atoms with Crippen molar-refractivity contribution in [2.75, 3.05) is 32.8 Å². The van der Waals surface area contributed by atoms with Crippen LogP contribution in [0.15, 0.2) is 30.6 Å².